The van der Waals surface area contributed by atoms with Gasteiger partial charge in [0.2, 0.25) is 0 Å². The van der Waals surface area contributed by atoms with Gasteiger partial charge in [-0.2, -0.15) is 11.3 Å². The molecule has 0 saturated heterocycles. The molecule has 0 saturated carbocycles. The third kappa shape index (κ3) is 104. The monoisotopic (exact) mass is 360 g/mol. The topological polar surface area (TPSA) is 13.1 Å². The summed E-state index contributed by atoms with van der Waals surface area (Å²) >= 11 is 1.71. The van der Waals surface area contributed by atoms with Crippen LogP contribution < -0.4 is 0 Å². The first-order valence-electron chi connectivity index (χ1n) is 8.41. The van der Waals surface area contributed by atoms with Gasteiger partial charge in [-0.3, -0.25) is 0 Å². The molecule has 0 bridgehead atoms. The summed E-state index contributed by atoms with van der Waals surface area (Å²) < 4.78 is 4.58. The lowest BCUT2D eigenvalue weighted by molar-refractivity contribution is 0.567. The van der Waals surface area contributed by atoms with Gasteiger partial charge in [0.15, 0.2) is 0 Å². The molecule has 1 nitrogen and oxygen atoms in total. The Morgan fingerprint density at radius 3 is 0.917 bits per heavy atom. The van der Waals surface area contributed by atoms with Gasteiger partial charge < -0.3 is 4.42 Å². The van der Waals surface area contributed by atoms with Crippen molar-refractivity contribution >= 4 is 11.3 Å². The average molecular weight is 361 g/mol. The zero-order chi connectivity index (χ0) is 18.2. The third-order valence-corrected chi connectivity index (χ3v) is 1.48. The predicted molar refractivity (Wildman–Crippen MR) is 120 cm³/mol. The molecule has 0 atom stereocenters. The summed E-state index contributed by atoms with van der Waals surface area (Å²) in [5.41, 5.74) is 0. The molecular weight excluding hydrogens is 312 g/mol. The molecule has 0 amide bonds. The molecule has 2 heteroatoms. The van der Waals surface area contributed by atoms with Crippen molar-refractivity contribution in [3.05, 3.63) is 47.6 Å². The maximum absolute atomic E-state index is 4.58. The number of hydrogen-bond donors (Lipinski definition) is 0. The van der Waals surface area contributed by atoms with Crippen molar-refractivity contribution in [3.8, 4) is 0 Å². The third-order valence-electron chi connectivity index (χ3n) is 0.851. The highest BCUT2D eigenvalue weighted by atomic mass is 32.1. The van der Waals surface area contributed by atoms with Gasteiger partial charge in [0.1, 0.15) is 0 Å². The van der Waals surface area contributed by atoms with E-state index in [9.17, 15) is 0 Å². The highest BCUT2D eigenvalue weighted by Crippen LogP contribution is 1.91. The van der Waals surface area contributed by atoms with Crippen LogP contribution in [0.25, 0.3) is 0 Å². The minimum Gasteiger partial charge on any atom is -0.473 e. The van der Waals surface area contributed by atoms with Crippen LogP contribution in [0, 0.1) is 11.8 Å². The van der Waals surface area contributed by atoms with E-state index in [1.165, 1.54) is 0 Å². The molecule has 2 aromatic heterocycles. The lowest BCUT2D eigenvalue weighted by Crippen LogP contribution is -1.66. The first-order chi connectivity index (χ1) is 10.5. The van der Waals surface area contributed by atoms with Gasteiger partial charge in [0, 0.05) is 0 Å². The van der Waals surface area contributed by atoms with Crippen LogP contribution in [-0.4, -0.2) is 0 Å². The molecule has 2 heterocycles. The number of thiophene rings is 1. The van der Waals surface area contributed by atoms with Crippen molar-refractivity contribution in [1.29, 1.82) is 0 Å². The van der Waals surface area contributed by atoms with E-state index in [0.29, 0.717) is 0 Å². The maximum Gasteiger partial charge on any atom is 0.0902 e. The van der Waals surface area contributed by atoms with Gasteiger partial charge in [-0.1, -0.05) is 96.2 Å². The van der Waals surface area contributed by atoms with E-state index in [-0.39, 0.29) is 14.9 Å². The Kier molecular flexibility index (Phi) is 69.2. The normalized spacial score (nSPS) is 6.83. The maximum atomic E-state index is 4.58. The van der Waals surface area contributed by atoms with Crippen LogP contribution in [0.1, 0.15) is 84.1 Å². The van der Waals surface area contributed by atoms with Gasteiger partial charge >= 0.3 is 0 Å². The molecule has 0 spiro atoms. The van der Waals surface area contributed by atoms with Crippen molar-refractivity contribution in [1.82, 2.24) is 0 Å². The minimum atomic E-state index is 0. The zero-order valence-electron chi connectivity index (χ0n) is 16.6. The summed E-state index contributed by atoms with van der Waals surface area (Å²) in [4.78, 5) is 0. The molecule has 0 aromatic carbocycles. The lowest BCUT2D eigenvalue weighted by atomic mass is 10.3. The second-order valence-corrected chi connectivity index (χ2v) is 5.87. The molecule has 0 fully saturated rings. The van der Waals surface area contributed by atoms with Crippen LogP contribution >= 0.6 is 11.3 Å². The fourth-order valence-corrected chi connectivity index (χ4v) is 0.907. The lowest BCUT2D eigenvalue weighted by Gasteiger charge is -1.79. The highest BCUT2D eigenvalue weighted by Gasteiger charge is 1.68. The van der Waals surface area contributed by atoms with E-state index in [0.717, 1.165) is 11.8 Å². The molecule has 0 aliphatic rings. The van der Waals surface area contributed by atoms with Crippen LogP contribution in [-0.2, 0) is 0 Å². The average Bonchev–Trinajstić information content (AvgIpc) is 3.20. The van der Waals surface area contributed by atoms with Crippen LogP contribution in [0.15, 0.2) is 52.0 Å². The summed E-state index contributed by atoms with van der Waals surface area (Å²) in [6.45, 7) is 21.0. The molecule has 148 valence electrons. The van der Waals surface area contributed by atoms with Gasteiger partial charge in [-0.15, -0.1) is 0 Å². The molecule has 0 aliphatic carbocycles. The Labute approximate surface area is 159 Å². The fourth-order valence-electron chi connectivity index (χ4n) is 0.454. The summed E-state index contributed by atoms with van der Waals surface area (Å²) in [6, 6.07) is 7.70. The van der Waals surface area contributed by atoms with Crippen LogP contribution in [0.4, 0.5) is 0 Å². The molecule has 2 rings (SSSR count). The van der Waals surface area contributed by atoms with Gasteiger partial charge in [0.25, 0.3) is 0 Å². The molecular formula is C22H48OS. The zero-order valence-corrected chi connectivity index (χ0v) is 17.4. The first-order valence-corrected chi connectivity index (χ1v) is 9.35. The summed E-state index contributed by atoms with van der Waals surface area (Å²) in [5, 5.41) is 4.08. The van der Waals surface area contributed by atoms with Crippen molar-refractivity contribution in [2.75, 3.05) is 0 Å². The number of hydrogen-bond acceptors (Lipinski definition) is 2. The van der Waals surface area contributed by atoms with E-state index in [4.69, 9.17) is 0 Å². The Morgan fingerprint density at radius 1 is 0.583 bits per heavy atom. The Hall–Kier alpha value is -1.02. The summed E-state index contributed by atoms with van der Waals surface area (Å²) in [6.07, 6.45) is 3.25. The second kappa shape index (κ2) is 43.1. The van der Waals surface area contributed by atoms with Gasteiger partial charge in [-0.05, 0) is 34.7 Å². The minimum absolute atomic E-state index is 0. The predicted octanol–water partition coefficient (Wildman–Crippen LogP) is 9.68. The van der Waals surface area contributed by atoms with Gasteiger partial charge in [0.05, 0.1) is 12.5 Å². The number of rotatable bonds is 0. The Balaban J connectivity index is -0.0000000413. The SMILES string of the molecule is C.C.CC.CC.CC(C)C.CC(C)C.c1ccoc1.c1ccsc1. The molecule has 0 aliphatic heterocycles. The molecule has 0 N–H and O–H groups in total. The van der Waals surface area contributed by atoms with Gasteiger partial charge in [-0.25, -0.2) is 0 Å². The summed E-state index contributed by atoms with van der Waals surface area (Å²) in [5.74, 6) is 1.67. The quantitative estimate of drug-likeness (QED) is 0.455. The highest BCUT2D eigenvalue weighted by molar-refractivity contribution is 7.07. The van der Waals surface area contributed by atoms with E-state index < -0.39 is 0 Å². The van der Waals surface area contributed by atoms with E-state index >= 15 is 0 Å². The van der Waals surface area contributed by atoms with E-state index in [1.54, 1.807) is 23.9 Å². The fraction of sp³-hybridized carbons (Fsp3) is 0.636. The summed E-state index contributed by atoms with van der Waals surface area (Å²) in [7, 11) is 0. The Morgan fingerprint density at radius 2 is 0.833 bits per heavy atom. The first kappa shape index (κ1) is 38.5. The molecule has 0 unspecified atom stereocenters. The molecule has 2 aromatic rings. The van der Waals surface area contributed by atoms with Crippen molar-refractivity contribution < 1.29 is 4.42 Å². The standard InChI is InChI=1S/C4H4O.C4H4S.2C4H10.2C2H6.2CH4/c2*1-2-4-5-3-1;2*1-4(2)3;2*1-2;;/h2*1-4H;2*4H,1-3H3;2*1-2H3;2*1H4. The number of furan rings is 1. The van der Waals surface area contributed by atoms with E-state index in [1.807, 2.05) is 62.7 Å². The second-order valence-electron chi connectivity index (χ2n) is 5.05. The molecule has 0 radical (unpaired) electrons. The Bertz CT molecular complexity index is 211. The van der Waals surface area contributed by atoms with Crippen LogP contribution in [0.2, 0.25) is 0 Å². The van der Waals surface area contributed by atoms with Crippen LogP contribution in [0.3, 0.4) is 0 Å². The van der Waals surface area contributed by atoms with Crippen molar-refractivity contribution in [2.24, 2.45) is 11.8 Å². The van der Waals surface area contributed by atoms with E-state index in [2.05, 4.69) is 46.0 Å². The van der Waals surface area contributed by atoms with Crippen molar-refractivity contribution in [2.45, 2.75) is 84.1 Å². The largest absolute Gasteiger partial charge is 0.473 e. The molecule has 24 heavy (non-hydrogen) atoms. The van der Waals surface area contributed by atoms with Crippen molar-refractivity contribution in [3.63, 3.8) is 0 Å². The smallest absolute Gasteiger partial charge is 0.0902 e. The van der Waals surface area contributed by atoms with Crippen LogP contribution in [0.5, 0.6) is 0 Å².